The van der Waals surface area contributed by atoms with E-state index >= 15 is 0 Å². The minimum absolute atomic E-state index is 0.393. The van der Waals surface area contributed by atoms with Gasteiger partial charge in [-0.2, -0.15) is 0 Å². The first-order valence-corrected chi connectivity index (χ1v) is 8.96. The summed E-state index contributed by atoms with van der Waals surface area (Å²) in [6.07, 6.45) is 5.96. The van der Waals surface area contributed by atoms with Crippen LogP contribution in [0.15, 0.2) is 4.99 Å². The number of aryl methyl sites for hydroxylation is 1. The van der Waals surface area contributed by atoms with Crippen LogP contribution in [0.4, 0.5) is 0 Å². The van der Waals surface area contributed by atoms with E-state index in [0.717, 1.165) is 50.1 Å². The highest BCUT2D eigenvalue weighted by Crippen LogP contribution is 2.48. The van der Waals surface area contributed by atoms with Gasteiger partial charge in [-0.3, -0.25) is 0 Å². The Kier molecular flexibility index (Phi) is 7.02. The first-order chi connectivity index (χ1) is 11.6. The lowest BCUT2D eigenvalue weighted by Gasteiger charge is -2.18. The van der Waals surface area contributed by atoms with Crippen LogP contribution in [-0.4, -0.2) is 47.5 Å². The van der Waals surface area contributed by atoms with E-state index in [-0.39, 0.29) is 0 Å². The lowest BCUT2D eigenvalue weighted by molar-refractivity contribution is 0.172. The van der Waals surface area contributed by atoms with Crippen LogP contribution in [0.1, 0.15) is 50.7 Å². The van der Waals surface area contributed by atoms with Crippen molar-refractivity contribution in [3.8, 4) is 0 Å². The first kappa shape index (κ1) is 18.7. The highest BCUT2D eigenvalue weighted by molar-refractivity contribution is 5.79. The molecule has 1 aromatic heterocycles. The molecule has 1 heterocycles. The molecule has 0 radical (unpaired) electrons. The summed E-state index contributed by atoms with van der Waals surface area (Å²) in [5.74, 6) is 2.66. The molecular weight excluding hydrogens is 304 g/mol. The first-order valence-electron chi connectivity index (χ1n) is 8.96. The maximum atomic E-state index is 5.23. The van der Waals surface area contributed by atoms with Gasteiger partial charge in [-0.1, -0.05) is 13.3 Å². The zero-order chi connectivity index (χ0) is 17.4. The Balaban J connectivity index is 1.91. The smallest absolute Gasteiger partial charge is 0.191 e. The average Bonchev–Trinajstić information content (AvgIpc) is 3.29. The summed E-state index contributed by atoms with van der Waals surface area (Å²) < 4.78 is 7.21. The van der Waals surface area contributed by atoms with Gasteiger partial charge in [0.2, 0.25) is 0 Å². The van der Waals surface area contributed by atoms with Crippen LogP contribution >= 0.6 is 0 Å². The van der Waals surface area contributed by atoms with Gasteiger partial charge in [0.15, 0.2) is 11.8 Å². The number of hydrogen-bond acceptors (Lipinski definition) is 4. The van der Waals surface area contributed by atoms with Crippen molar-refractivity contribution in [3.05, 3.63) is 11.6 Å². The molecule has 0 aliphatic heterocycles. The Morgan fingerprint density at radius 3 is 2.71 bits per heavy atom. The molecule has 1 saturated carbocycles. The Morgan fingerprint density at radius 2 is 2.12 bits per heavy atom. The molecule has 2 rings (SSSR count). The van der Waals surface area contributed by atoms with Gasteiger partial charge in [-0.25, -0.2) is 4.99 Å². The molecule has 24 heavy (non-hydrogen) atoms. The molecule has 7 nitrogen and oxygen atoms in total. The number of aliphatic imine (C=N–C) groups is 1. The number of nitrogens with one attached hydrogen (secondary N) is 2. The second-order valence-electron chi connectivity index (χ2n) is 6.76. The number of guanidine groups is 1. The Morgan fingerprint density at radius 1 is 1.33 bits per heavy atom. The summed E-state index contributed by atoms with van der Waals surface area (Å²) in [4.78, 5) is 4.69. The number of hydrogen-bond donors (Lipinski definition) is 2. The topological polar surface area (TPSA) is 76.4 Å². The molecule has 7 heteroatoms. The van der Waals surface area contributed by atoms with Gasteiger partial charge < -0.3 is 19.9 Å². The monoisotopic (exact) mass is 336 g/mol. The quantitative estimate of drug-likeness (QED) is 0.387. The third-order valence-electron chi connectivity index (χ3n) is 4.81. The van der Waals surface area contributed by atoms with E-state index in [1.165, 1.54) is 19.3 Å². The van der Waals surface area contributed by atoms with Crippen molar-refractivity contribution >= 4 is 5.96 Å². The minimum Gasteiger partial charge on any atom is -0.385 e. The molecule has 0 saturated heterocycles. The molecule has 1 aliphatic carbocycles. The standard InChI is InChI=1S/C17H32N6O/c1-5-6-10-18-16(19-12-15-22-21-14(2)23(15)3)20-13-17(7-8-17)9-11-24-4/h5-13H2,1-4H3,(H2,18,19,20). The molecule has 1 aliphatic rings. The van der Waals surface area contributed by atoms with E-state index in [2.05, 4.69) is 27.8 Å². The molecule has 136 valence electrons. The third-order valence-corrected chi connectivity index (χ3v) is 4.81. The number of methoxy groups -OCH3 is 1. The highest BCUT2D eigenvalue weighted by atomic mass is 16.5. The van der Waals surface area contributed by atoms with Gasteiger partial charge >= 0.3 is 0 Å². The van der Waals surface area contributed by atoms with Gasteiger partial charge in [-0.15, -0.1) is 10.2 Å². The van der Waals surface area contributed by atoms with Gasteiger partial charge in [0, 0.05) is 33.9 Å². The Bertz CT molecular complexity index is 535. The van der Waals surface area contributed by atoms with Gasteiger partial charge in [-0.05, 0) is 38.0 Å². The molecule has 0 spiro atoms. The fourth-order valence-electron chi connectivity index (χ4n) is 2.58. The normalized spacial score (nSPS) is 16.2. The van der Waals surface area contributed by atoms with Crippen LogP contribution in [0.25, 0.3) is 0 Å². The van der Waals surface area contributed by atoms with Crippen LogP contribution in [0.2, 0.25) is 0 Å². The average molecular weight is 336 g/mol. The third kappa shape index (κ3) is 5.47. The molecule has 2 N–H and O–H groups in total. The Hall–Kier alpha value is -1.63. The largest absolute Gasteiger partial charge is 0.385 e. The zero-order valence-electron chi connectivity index (χ0n) is 15.6. The van der Waals surface area contributed by atoms with E-state index in [0.29, 0.717) is 12.0 Å². The second kappa shape index (κ2) is 9.01. The predicted molar refractivity (Wildman–Crippen MR) is 96.0 cm³/mol. The van der Waals surface area contributed by atoms with Gasteiger partial charge in [0.25, 0.3) is 0 Å². The summed E-state index contributed by atoms with van der Waals surface area (Å²) in [5, 5.41) is 15.2. The molecule has 1 fully saturated rings. The highest BCUT2D eigenvalue weighted by Gasteiger charge is 2.41. The van der Waals surface area contributed by atoms with Crippen LogP contribution in [0.3, 0.4) is 0 Å². The van der Waals surface area contributed by atoms with E-state index in [9.17, 15) is 0 Å². The van der Waals surface area contributed by atoms with Gasteiger partial charge in [0.05, 0.1) is 0 Å². The fraction of sp³-hybridized carbons (Fsp3) is 0.824. The summed E-state index contributed by atoms with van der Waals surface area (Å²) in [5.41, 5.74) is 0.393. The molecule has 0 aromatic carbocycles. The van der Waals surface area contributed by atoms with E-state index < -0.39 is 0 Å². The van der Waals surface area contributed by atoms with Crippen molar-refractivity contribution in [1.82, 2.24) is 25.4 Å². The maximum Gasteiger partial charge on any atom is 0.191 e. The van der Waals surface area contributed by atoms with Crippen LogP contribution in [0.5, 0.6) is 0 Å². The SMILES string of the molecule is CCCCNC(=NCc1nnc(C)n1C)NCC1(CCOC)CC1. The number of ether oxygens (including phenoxy) is 1. The van der Waals surface area contributed by atoms with E-state index in [1.54, 1.807) is 7.11 Å². The molecule has 0 amide bonds. The van der Waals surface area contributed by atoms with E-state index in [4.69, 9.17) is 9.73 Å². The van der Waals surface area contributed by atoms with Crippen molar-refractivity contribution in [2.75, 3.05) is 26.8 Å². The van der Waals surface area contributed by atoms with Crippen LogP contribution in [-0.2, 0) is 18.3 Å². The lowest BCUT2D eigenvalue weighted by Crippen LogP contribution is -2.41. The summed E-state index contributed by atoms with van der Waals surface area (Å²) in [7, 11) is 3.74. The molecule has 0 bridgehead atoms. The van der Waals surface area contributed by atoms with Gasteiger partial charge in [0.1, 0.15) is 12.4 Å². The number of nitrogens with zero attached hydrogens (tertiary/aromatic N) is 4. The molecular formula is C17H32N6O. The number of unbranched alkanes of at least 4 members (excludes halogenated alkanes) is 1. The number of aromatic nitrogens is 3. The minimum atomic E-state index is 0.393. The fourth-order valence-corrected chi connectivity index (χ4v) is 2.58. The summed E-state index contributed by atoms with van der Waals surface area (Å²) >= 11 is 0. The van der Waals surface area contributed by atoms with Crippen molar-refractivity contribution in [2.45, 2.75) is 52.5 Å². The molecule has 0 unspecified atom stereocenters. The van der Waals surface area contributed by atoms with Crippen LogP contribution < -0.4 is 10.6 Å². The second-order valence-corrected chi connectivity index (χ2v) is 6.76. The molecule has 1 aromatic rings. The van der Waals surface area contributed by atoms with Crippen LogP contribution in [0, 0.1) is 12.3 Å². The zero-order valence-corrected chi connectivity index (χ0v) is 15.6. The Labute approximate surface area is 145 Å². The molecule has 0 atom stereocenters. The van der Waals surface area contributed by atoms with Crippen molar-refractivity contribution < 1.29 is 4.74 Å². The predicted octanol–water partition coefficient (Wildman–Crippen LogP) is 1.78. The van der Waals surface area contributed by atoms with Crippen molar-refractivity contribution in [3.63, 3.8) is 0 Å². The van der Waals surface area contributed by atoms with E-state index in [1.807, 2.05) is 18.5 Å². The summed E-state index contributed by atoms with van der Waals surface area (Å²) in [6.45, 7) is 7.39. The maximum absolute atomic E-state index is 5.23. The summed E-state index contributed by atoms with van der Waals surface area (Å²) in [6, 6.07) is 0. The lowest BCUT2D eigenvalue weighted by atomic mass is 10.0. The number of rotatable bonds is 10. The van der Waals surface area contributed by atoms with Crippen molar-refractivity contribution in [2.24, 2.45) is 17.5 Å². The van der Waals surface area contributed by atoms with Crippen molar-refractivity contribution in [1.29, 1.82) is 0 Å².